The topological polar surface area (TPSA) is 34.1 Å². The minimum absolute atomic E-state index is 0.0581. The van der Waals surface area contributed by atoms with Crippen molar-refractivity contribution in [1.82, 2.24) is 0 Å². The van der Waals surface area contributed by atoms with Crippen LogP contribution in [0, 0.1) is 13.8 Å². The highest BCUT2D eigenvalue weighted by Crippen LogP contribution is 2.46. The van der Waals surface area contributed by atoms with E-state index >= 15 is 0 Å². The Hall–Kier alpha value is -3.24. The summed E-state index contributed by atoms with van der Waals surface area (Å²) in [5.74, 6) is 0. The van der Waals surface area contributed by atoms with Gasteiger partial charge in [-0.25, -0.2) is 0 Å². The molecule has 202 valence electrons. The van der Waals surface area contributed by atoms with E-state index in [9.17, 15) is 9.59 Å². The molecule has 0 aliphatic rings. The summed E-state index contributed by atoms with van der Waals surface area (Å²) in [7, 11) is 0. The molecule has 0 saturated heterocycles. The zero-order chi connectivity index (χ0) is 28.3. The van der Waals surface area contributed by atoms with Crippen LogP contribution in [0.1, 0.15) is 9.75 Å². The van der Waals surface area contributed by atoms with E-state index in [1.807, 2.05) is 24.3 Å². The maximum atomic E-state index is 13.7. The number of thiophene rings is 6. The summed E-state index contributed by atoms with van der Waals surface area (Å²) in [5.41, 5.74) is 0.116. The highest BCUT2D eigenvalue weighted by atomic mass is 32.1. The third kappa shape index (κ3) is 3.70. The summed E-state index contributed by atoms with van der Waals surface area (Å²) >= 11 is 10.4. The fourth-order valence-electron chi connectivity index (χ4n) is 5.74. The summed E-state index contributed by atoms with van der Waals surface area (Å²) in [5, 5.41) is 4.73. The number of fused-ring (bicyclic) bond motifs is 6. The van der Waals surface area contributed by atoms with Gasteiger partial charge in [-0.1, -0.05) is 0 Å². The maximum absolute atomic E-state index is 13.7. The molecule has 9 aromatic rings. The second-order valence-corrected chi connectivity index (χ2v) is 17.3. The van der Waals surface area contributed by atoms with Gasteiger partial charge in [0.25, 0.3) is 0 Å². The zero-order valence-corrected chi connectivity index (χ0v) is 27.1. The molecule has 9 rings (SSSR count). The second kappa shape index (κ2) is 9.13. The Morgan fingerprint density at radius 3 is 1.10 bits per heavy atom. The van der Waals surface area contributed by atoms with Gasteiger partial charge in [-0.2, -0.15) is 0 Å². The number of aryl methyl sites for hydroxylation is 2. The molecule has 0 unspecified atom stereocenters. The summed E-state index contributed by atoms with van der Waals surface area (Å²) in [6.07, 6.45) is 0. The number of benzene rings is 1. The average molecular weight is 651 g/mol. The largest absolute Gasteiger partial charge is 0.289 e. The van der Waals surface area contributed by atoms with Gasteiger partial charge in [0.2, 0.25) is 0 Å². The Morgan fingerprint density at radius 1 is 0.357 bits per heavy atom. The first kappa shape index (κ1) is 25.3. The lowest BCUT2D eigenvalue weighted by molar-refractivity contribution is 1.64. The standard InChI is InChI=1S/C34H18O2S6/c1-15-3-5-23(37-15)25-7-9-27(39-25)29-13-21-31(35)17-12-20-18(11-19(17)33(21)41-29)32(36)22-14-30(42-34(20)22)28-10-8-26(40-28)24-6-4-16(2)38-24/h3-14H,1-2H3. The normalized spacial score (nSPS) is 12.2. The van der Waals surface area contributed by atoms with Crippen LogP contribution in [0.2, 0.25) is 0 Å². The van der Waals surface area contributed by atoms with Crippen molar-refractivity contribution in [2.45, 2.75) is 13.8 Å². The van der Waals surface area contributed by atoms with Crippen molar-refractivity contribution < 1.29 is 0 Å². The number of hydrogen-bond acceptors (Lipinski definition) is 8. The van der Waals surface area contributed by atoms with Crippen LogP contribution in [0.5, 0.6) is 0 Å². The van der Waals surface area contributed by atoms with Gasteiger partial charge >= 0.3 is 0 Å². The molecule has 0 fully saturated rings. The fourth-order valence-corrected chi connectivity index (χ4v) is 12.2. The van der Waals surface area contributed by atoms with E-state index in [1.54, 1.807) is 68.0 Å². The van der Waals surface area contributed by atoms with Crippen LogP contribution in [0.25, 0.3) is 80.7 Å². The van der Waals surface area contributed by atoms with Crippen molar-refractivity contribution in [1.29, 1.82) is 0 Å². The Bertz CT molecular complexity index is 2420. The first-order valence-electron chi connectivity index (χ1n) is 13.3. The van der Waals surface area contributed by atoms with Gasteiger partial charge in [-0.15, -0.1) is 68.0 Å². The van der Waals surface area contributed by atoms with E-state index in [0.29, 0.717) is 10.8 Å². The van der Waals surface area contributed by atoms with Crippen molar-refractivity contribution in [3.63, 3.8) is 0 Å². The molecule has 3 aromatic carbocycles. The zero-order valence-electron chi connectivity index (χ0n) is 22.2. The van der Waals surface area contributed by atoms with Crippen molar-refractivity contribution in [3.05, 3.63) is 103 Å². The molecule has 0 amide bonds. The Balaban J connectivity index is 1.15. The van der Waals surface area contributed by atoms with Gasteiger partial charge in [-0.3, -0.25) is 9.59 Å². The summed E-state index contributed by atoms with van der Waals surface area (Å²) in [6, 6.07) is 25.3. The molecule has 0 bridgehead atoms. The number of hydrogen-bond donors (Lipinski definition) is 0. The molecule has 0 aliphatic carbocycles. The summed E-state index contributed by atoms with van der Waals surface area (Å²) in [6.45, 7) is 4.25. The highest BCUT2D eigenvalue weighted by Gasteiger charge is 2.21. The Kier molecular flexibility index (Phi) is 5.49. The van der Waals surface area contributed by atoms with Gasteiger partial charge in [0.05, 0.1) is 0 Å². The lowest BCUT2D eigenvalue weighted by atomic mass is 10.1. The maximum Gasteiger partial charge on any atom is 0.195 e. The van der Waals surface area contributed by atoms with Gasteiger partial charge in [0, 0.05) is 90.5 Å². The predicted molar refractivity (Wildman–Crippen MR) is 190 cm³/mol. The van der Waals surface area contributed by atoms with Crippen molar-refractivity contribution in [3.8, 4) is 39.0 Å². The first-order valence-corrected chi connectivity index (χ1v) is 18.2. The molecule has 0 radical (unpaired) electrons. The molecule has 6 heterocycles. The smallest absolute Gasteiger partial charge is 0.195 e. The van der Waals surface area contributed by atoms with Crippen LogP contribution in [-0.4, -0.2) is 0 Å². The minimum Gasteiger partial charge on any atom is -0.289 e. The third-order valence-corrected chi connectivity index (χ3v) is 15.0. The molecule has 0 saturated carbocycles. The van der Waals surface area contributed by atoms with Crippen molar-refractivity contribution >= 4 is 110 Å². The third-order valence-electron chi connectivity index (χ3n) is 7.75. The van der Waals surface area contributed by atoms with E-state index in [-0.39, 0.29) is 10.9 Å². The molecule has 0 aliphatic heterocycles. The van der Waals surface area contributed by atoms with Crippen LogP contribution >= 0.6 is 68.0 Å². The van der Waals surface area contributed by atoms with Gasteiger partial charge in [-0.05, 0) is 86.6 Å². The van der Waals surface area contributed by atoms with Gasteiger partial charge in [0.1, 0.15) is 0 Å². The van der Waals surface area contributed by atoms with E-state index in [0.717, 1.165) is 40.7 Å². The van der Waals surface area contributed by atoms with Gasteiger partial charge < -0.3 is 0 Å². The summed E-state index contributed by atoms with van der Waals surface area (Å²) in [4.78, 5) is 39.5. The molecule has 2 nitrogen and oxygen atoms in total. The molecule has 6 aromatic heterocycles. The minimum atomic E-state index is 0.0581. The quantitative estimate of drug-likeness (QED) is 0.190. The van der Waals surface area contributed by atoms with Gasteiger partial charge in [0.15, 0.2) is 10.9 Å². The molecular weight excluding hydrogens is 633 g/mol. The van der Waals surface area contributed by atoms with Crippen molar-refractivity contribution in [2.75, 3.05) is 0 Å². The molecule has 0 N–H and O–H groups in total. The van der Waals surface area contributed by atoms with Crippen LogP contribution in [0.4, 0.5) is 0 Å². The van der Waals surface area contributed by atoms with E-state index < -0.39 is 0 Å². The number of rotatable bonds is 4. The summed E-state index contributed by atoms with van der Waals surface area (Å²) < 4.78 is 1.96. The SMILES string of the molecule is Cc1ccc(-c2ccc(-c3cc4c(=O)c5cc6c(cc5c4s3)c(=O)c3cc(-c4ccc(-c5ccc(C)s5)s4)sc36)s2)s1. The van der Waals surface area contributed by atoms with E-state index in [2.05, 4.69) is 62.4 Å². The van der Waals surface area contributed by atoms with Crippen molar-refractivity contribution in [2.24, 2.45) is 0 Å². The van der Waals surface area contributed by atoms with Crippen LogP contribution in [-0.2, 0) is 0 Å². The van der Waals surface area contributed by atoms with Crippen LogP contribution in [0.3, 0.4) is 0 Å². The highest BCUT2D eigenvalue weighted by molar-refractivity contribution is 7.30. The molecule has 0 spiro atoms. The fraction of sp³-hybridized carbons (Fsp3) is 0.0588. The lowest BCUT2D eigenvalue weighted by Gasteiger charge is -1.95. The molecule has 0 atom stereocenters. The first-order chi connectivity index (χ1) is 20.4. The second-order valence-electron chi connectivity index (χ2n) is 10.5. The van der Waals surface area contributed by atoms with Crippen LogP contribution in [0.15, 0.2) is 82.4 Å². The van der Waals surface area contributed by atoms with E-state index in [4.69, 9.17) is 0 Å². The molecule has 42 heavy (non-hydrogen) atoms. The average Bonchev–Trinajstić information content (AvgIpc) is 3.81. The monoisotopic (exact) mass is 650 g/mol. The molecule has 8 heteroatoms. The molecular formula is C34H18O2S6. The van der Waals surface area contributed by atoms with E-state index in [1.165, 1.54) is 39.0 Å². The predicted octanol–water partition coefficient (Wildman–Crippen LogP) is 11.5. The lowest BCUT2D eigenvalue weighted by Crippen LogP contribution is -1.95. The Labute approximate surface area is 263 Å². The van der Waals surface area contributed by atoms with Crippen LogP contribution < -0.4 is 10.9 Å². The Morgan fingerprint density at radius 2 is 0.714 bits per heavy atom.